The van der Waals surface area contributed by atoms with Crippen LogP contribution in [0.1, 0.15) is 26.2 Å². The molecule has 5 heteroatoms. The van der Waals surface area contributed by atoms with Gasteiger partial charge in [-0.25, -0.2) is 4.79 Å². The second-order valence-electron chi connectivity index (χ2n) is 3.23. The molecule has 0 aliphatic carbocycles. The minimum Gasteiger partial charge on any atom is -0.465 e. The van der Waals surface area contributed by atoms with E-state index in [1.165, 1.54) is 0 Å². The summed E-state index contributed by atoms with van der Waals surface area (Å²) < 4.78 is 0. The fraction of sp³-hybridized carbons (Fsp3) is 0.750. The quantitative estimate of drug-likeness (QED) is 0.580. The molecule has 1 aliphatic rings. The highest BCUT2D eigenvalue weighted by molar-refractivity contribution is 5.90. The van der Waals surface area contributed by atoms with Crippen molar-refractivity contribution in [2.24, 2.45) is 0 Å². The predicted molar refractivity (Wildman–Crippen MR) is 46.4 cm³/mol. The van der Waals surface area contributed by atoms with Crippen molar-refractivity contribution >= 4 is 12.0 Å². The summed E-state index contributed by atoms with van der Waals surface area (Å²) >= 11 is 0. The fourth-order valence-corrected chi connectivity index (χ4v) is 1.62. The van der Waals surface area contributed by atoms with Crippen LogP contribution in [0.15, 0.2) is 0 Å². The van der Waals surface area contributed by atoms with E-state index in [0.717, 1.165) is 6.42 Å². The van der Waals surface area contributed by atoms with Crippen LogP contribution in [0.25, 0.3) is 0 Å². The summed E-state index contributed by atoms with van der Waals surface area (Å²) in [6.07, 6.45) is 0.756. The average molecular weight is 186 g/mol. The van der Waals surface area contributed by atoms with Crippen molar-refractivity contribution < 1.29 is 14.7 Å². The number of hydrogen-bond acceptors (Lipinski definition) is 2. The molecule has 0 saturated carbocycles. The van der Waals surface area contributed by atoms with E-state index in [4.69, 9.17) is 5.11 Å². The normalized spacial score (nSPS) is 27.9. The molecule has 3 N–H and O–H groups in total. The van der Waals surface area contributed by atoms with Gasteiger partial charge in [0.15, 0.2) is 0 Å². The molecule has 2 amide bonds. The van der Waals surface area contributed by atoms with Crippen molar-refractivity contribution in [3.8, 4) is 0 Å². The Morgan fingerprint density at radius 1 is 1.77 bits per heavy atom. The second-order valence-corrected chi connectivity index (χ2v) is 3.23. The Morgan fingerprint density at radius 3 is 2.92 bits per heavy atom. The van der Waals surface area contributed by atoms with Gasteiger partial charge in [-0.15, -0.1) is 0 Å². The van der Waals surface area contributed by atoms with Crippen molar-refractivity contribution in [2.45, 2.75) is 31.7 Å². The lowest BCUT2D eigenvalue weighted by Gasteiger charge is -2.34. The number of carbonyl (C=O) groups is 2. The van der Waals surface area contributed by atoms with Gasteiger partial charge < -0.3 is 15.7 Å². The Morgan fingerprint density at radius 2 is 2.46 bits per heavy atom. The molecule has 1 heterocycles. The van der Waals surface area contributed by atoms with Gasteiger partial charge in [0, 0.05) is 6.54 Å². The van der Waals surface area contributed by atoms with E-state index in [1.807, 2.05) is 0 Å². The first-order valence-corrected chi connectivity index (χ1v) is 4.40. The van der Waals surface area contributed by atoms with Crippen LogP contribution in [-0.2, 0) is 4.79 Å². The van der Waals surface area contributed by atoms with E-state index in [2.05, 4.69) is 10.6 Å². The molecule has 0 unspecified atom stereocenters. The van der Waals surface area contributed by atoms with Crippen LogP contribution < -0.4 is 10.6 Å². The number of nitrogens with one attached hydrogen (secondary N) is 2. The topological polar surface area (TPSA) is 78.4 Å². The second kappa shape index (κ2) is 3.64. The van der Waals surface area contributed by atoms with E-state index >= 15 is 0 Å². The van der Waals surface area contributed by atoms with Crippen LogP contribution in [0.5, 0.6) is 0 Å². The maximum atomic E-state index is 11.4. The summed E-state index contributed by atoms with van der Waals surface area (Å²) in [6, 6.07) is 0. The molecule has 1 fully saturated rings. The molecule has 1 saturated heterocycles. The molecule has 0 aromatic rings. The Hall–Kier alpha value is -1.26. The molecule has 13 heavy (non-hydrogen) atoms. The first-order valence-electron chi connectivity index (χ1n) is 4.40. The lowest BCUT2D eigenvalue weighted by atomic mass is 9.87. The first-order chi connectivity index (χ1) is 6.10. The zero-order chi connectivity index (χ0) is 9.90. The van der Waals surface area contributed by atoms with E-state index in [0.29, 0.717) is 19.4 Å². The van der Waals surface area contributed by atoms with Crippen LogP contribution >= 0.6 is 0 Å². The molecular formula is C8H14N2O3. The predicted octanol–water partition coefficient (Wildman–Crippen LogP) is 0.313. The minimum atomic E-state index is -1.14. The summed E-state index contributed by atoms with van der Waals surface area (Å²) in [5, 5.41) is 13.6. The highest BCUT2D eigenvalue weighted by atomic mass is 16.4. The van der Waals surface area contributed by atoms with E-state index in [-0.39, 0.29) is 5.91 Å². The van der Waals surface area contributed by atoms with Crippen LogP contribution in [0.4, 0.5) is 4.79 Å². The molecule has 5 nitrogen and oxygen atoms in total. The lowest BCUT2D eigenvalue weighted by Crippen LogP contribution is -2.61. The summed E-state index contributed by atoms with van der Waals surface area (Å²) in [6.45, 7) is 2.45. The van der Waals surface area contributed by atoms with Crippen LogP contribution in [0.2, 0.25) is 0 Å². The third kappa shape index (κ3) is 1.91. The molecule has 0 aromatic heterocycles. The molecule has 0 spiro atoms. The number of carbonyl (C=O) groups excluding carboxylic acids is 1. The number of rotatable bonds is 2. The number of hydrogen-bond donors (Lipinski definition) is 3. The van der Waals surface area contributed by atoms with E-state index in [1.54, 1.807) is 6.92 Å². The van der Waals surface area contributed by atoms with Gasteiger partial charge >= 0.3 is 6.09 Å². The molecule has 0 aromatic carbocycles. The van der Waals surface area contributed by atoms with E-state index < -0.39 is 11.6 Å². The molecule has 1 atom stereocenters. The average Bonchev–Trinajstić information content (AvgIpc) is 2.08. The molecule has 0 bridgehead atoms. The third-order valence-corrected chi connectivity index (χ3v) is 2.45. The number of carboxylic acid groups (broad SMARTS) is 1. The van der Waals surface area contributed by atoms with Crippen molar-refractivity contribution in [2.75, 3.05) is 6.54 Å². The minimum absolute atomic E-state index is 0.205. The van der Waals surface area contributed by atoms with Gasteiger partial charge in [0.1, 0.15) is 5.54 Å². The maximum Gasteiger partial charge on any atom is 0.405 e. The Labute approximate surface area is 76.5 Å². The van der Waals surface area contributed by atoms with Gasteiger partial charge in [-0.1, -0.05) is 6.92 Å². The summed E-state index contributed by atoms with van der Waals surface area (Å²) in [4.78, 5) is 21.9. The van der Waals surface area contributed by atoms with Crippen molar-refractivity contribution in [1.82, 2.24) is 10.6 Å². The smallest absolute Gasteiger partial charge is 0.405 e. The Balaban J connectivity index is 2.76. The number of piperidine rings is 1. The monoisotopic (exact) mass is 186 g/mol. The van der Waals surface area contributed by atoms with Crippen molar-refractivity contribution in [3.05, 3.63) is 0 Å². The maximum absolute atomic E-state index is 11.4. The van der Waals surface area contributed by atoms with Gasteiger partial charge in [0.2, 0.25) is 5.91 Å². The lowest BCUT2D eigenvalue weighted by molar-refractivity contribution is -0.129. The largest absolute Gasteiger partial charge is 0.465 e. The van der Waals surface area contributed by atoms with Gasteiger partial charge in [-0.2, -0.15) is 0 Å². The standard InChI is InChI=1S/C8H14N2O3/c1-2-8(10-7(12)13)4-3-5-9-6(8)11/h10H,2-5H2,1H3,(H,9,11)(H,12,13)/t8-/m0/s1. The van der Waals surface area contributed by atoms with Gasteiger partial charge in [0.25, 0.3) is 0 Å². The van der Waals surface area contributed by atoms with Gasteiger partial charge in [-0.3, -0.25) is 4.79 Å². The molecule has 1 rings (SSSR count). The van der Waals surface area contributed by atoms with Crippen LogP contribution in [-0.4, -0.2) is 29.2 Å². The SMILES string of the molecule is CC[C@]1(NC(=O)O)CCCNC1=O. The molecule has 0 radical (unpaired) electrons. The molecule has 74 valence electrons. The molecular weight excluding hydrogens is 172 g/mol. The van der Waals surface area contributed by atoms with Crippen LogP contribution in [0.3, 0.4) is 0 Å². The van der Waals surface area contributed by atoms with Gasteiger partial charge in [-0.05, 0) is 19.3 Å². The van der Waals surface area contributed by atoms with Crippen molar-refractivity contribution in [1.29, 1.82) is 0 Å². The first kappa shape index (κ1) is 9.83. The summed E-state index contributed by atoms with van der Waals surface area (Å²) in [7, 11) is 0. The zero-order valence-electron chi connectivity index (χ0n) is 7.59. The Kier molecular flexibility index (Phi) is 2.75. The van der Waals surface area contributed by atoms with Crippen molar-refractivity contribution in [3.63, 3.8) is 0 Å². The van der Waals surface area contributed by atoms with Crippen LogP contribution in [0, 0.1) is 0 Å². The number of amides is 2. The third-order valence-electron chi connectivity index (χ3n) is 2.45. The fourth-order valence-electron chi connectivity index (χ4n) is 1.62. The Bertz CT molecular complexity index is 229. The summed E-state index contributed by atoms with van der Waals surface area (Å²) in [5.41, 5.74) is -0.899. The zero-order valence-corrected chi connectivity index (χ0v) is 7.59. The molecule has 1 aliphatic heterocycles. The highest BCUT2D eigenvalue weighted by Gasteiger charge is 2.39. The van der Waals surface area contributed by atoms with Gasteiger partial charge in [0.05, 0.1) is 0 Å². The van der Waals surface area contributed by atoms with E-state index in [9.17, 15) is 9.59 Å². The summed E-state index contributed by atoms with van der Waals surface area (Å²) in [5.74, 6) is -0.205. The highest BCUT2D eigenvalue weighted by Crippen LogP contribution is 2.20.